The van der Waals surface area contributed by atoms with Crippen molar-refractivity contribution in [3.8, 4) is 0 Å². The van der Waals surface area contributed by atoms with Gasteiger partial charge >= 0.3 is 5.97 Å². The zero-order valence-corrected chi connectivity index (χ0v) is 9.16. The van der Waals surface area contributed by atoms with E-state index in [1.807, 2.05) is 12.2 Å². The second-order valence-corrected chi connectivity index (χ2v) is 3.76. The second kappa shape index (κ2) is 5.35. The lowest BCUT2D eigenvalue weighted by Crippen LogP contribution is -1.91. The van der Waals surface area contributed by atoms with Crippen molar-refractivity contribution in [3.05, 3.63) is 41.0 Å². The molecule has 1 N–H and O–H groups in total. The van der Waals surface area contributed by atoms with Gasteiger partial charge < -0.3 is 5.11 Å². The number of allylic oxidation sites excluding steroid dienone is 1. The number of rotatable bonds is 4. The lowest BCUT2D eigenvalue weighted by Gasteiger charge is -1.99. The summed E-state index contributed by atoms with van der Waals surface area (Å²) in [5.41, 5.74) is 3.60. The first-order valence-electron chi connectivity index (χ1n) is 5.04. The molecule has 0 atom stereocenters. The Labute approximate surface area is 90.3 Å². The summed E-state index contributed by atoms with van der Waals surface area (Å²) in [5.74, 6) is -0.750. The van der Waals surface area contributed by atoms with E-state index in [1.54, 1.807) is 0 Å². The van der Waals surface area contributed by atoms with Crippen LogP contribution in [0, 0.1) is 13.8 Å². The molecule has 15 heavy (non-hydrogen) atoms. The van der Waals surface area contributed by atoms with E-state index < -0.39 is 5.97 Å². The first-order valence-corrected chi connectivity index (χ1v) is 5.04. The smallest absolute Gasteiger partial charge is 0.303 e. The Morgan fingerprint density at radius 1 is 1.27 bits per heavy atom. The van der Waals surface area contributed by atoms with Gasteiger partial charge in [-0.05, 0) is 25.8 Å². The van der Waals surface area contributed by atoms with E-state index in [-0.39, 0.29) is 6.42 Å². The number of benzene rings is 1. The molecular formula is C13H16O2. The number of aliphatic carboxylic acids is 1. The Morgan fingerprint density at radius 2 is 1.87 bits per heavy atom. The van der Waals surface area contributed by atoms with Crippen molar-refractivity contribution >= 4 is 12.0 Å². The summed E-state index contributed by atoms with van der Waals surface area (Å²) >= 11 is 0. The van der Waals surface area contributed by atoms with Gasteiger partial charge in [0.25, 0.3) is 0 Å². The fourth-order valence-corrected chi connectivity index (χ4v) is 1.53. The molecule has 0 amide bonds. The third-order valence-electron chi connectivity index (χ3n) is 2.08. The summed E-state index contributed by atoms with van der Waals surface area (Å²) < 4.78 is 0. The topological polar surface area (TPSA) is 37.3 Å². The van der Waals surface area contributed by atoms with Gasteiger partial charge in [-0.15, -0.1) is 0 Å². The Morgan fingerprint density at radius 3 is 2.40 bits per heavy atom. The molecule has 0 aliphatic heterocycles. The molecule has 1 rings (SSSR count). The molecule has 0 saturated heterocycles. The van der Waals surface area contributed by atoms with Crippen LogP contribution in [0.1, 0.15) is 29.5 Å². The Balaban J connectivity index is 2.60. The minimum Gasteiger partial charge on any atom is -0.481 e. The van der Waals surface area contributed by atoms with E-state index in [9.17, 15) is 4.79 Å². The van der Waals surface area contributed by atoms with Crippen LogP contribution in [-0.4, -0.2) is 11.1 Å². The van der Waals surface area contributed by atoms with E-state index in [2.05, 4.69) is 32.0 Å². The average molecular weight is 204 g/mol. The molecular weight excluding hydrogens is 188 g/mol. The minimum atomic E-state index is -0.750. The largest absolute Gasteiger partial charge is 0.481 e. The number of carboxylic acids is 1. The summed E-state index contributed by atoms with van der Waals surface area (Å²) in [6.07, 6.45) is 4.66. The molecule has 0 heterocycles. The van der Waals surface area contributed by atoms with Crippen LogP contribution in [0.25, 0.3) is 6.08 Å². The van der Waals surface area contributed by atoms with E-state index in [4.69, 9.17) is 5.11 Å². The number of carboxylic acid groups (broad SMARTS) is 1. The molecule has 0 saturated carbocycles. The highest BCUT2D eigenvalue weighted by molar-refractivity contribution is 5.67. The molecule has 2 heteroatoms. The standard InChI is InChI=1S/C13H16O2/c1-10-7-11(2)9-12(8-10)5-3-4-6-13(14)15/h3,5,7-9H,4,6H2,1-2H3,(H,14,15)/b5-3+. The molecule has 0 fully saturated rings. The van der Waals surface area contributed by atoms with Crippen molar-refractivity contribution in [3.63, 3.8) is 0 Å². The van der Waals surface area contributed by atoms with Crippen molar-refractivity contribution in [1.29, 1.82) is 0 Å². The Bertz CT molecular complexity index is 358. The van der Waals surface area contributed by atoms with Crippen LogP contribution in [0.2, 0.25) is 0 Å². The van der Waals surface area contributed by atoms with E-state index >= 15 is 0 Å². The maximum absolute atomic E-state index is 10.3. The third-order valence-corrected chi connectivity index (χ3v) is 2.08. The van der Waals surface area contributed by atoms with Crippen LogP contribution in [0.3, 0.4) is 0 Å². The molecule has 0 aliphatic carbocycles. The molecule has 1 aromatic rings. The van der Waals surface area contributed by atoms with Gasteiger partial charge in [0.15, 0.2) is 0 Å². The van der Waals surface area contributed by atoms with Gasteiger partial charge in [0, 0.05) is 6.42 Å². The molecule has 0 aromatic heterocycles. The lowest BCUT2D eigenvalue weighted by molar-refractivity contribution is -0.136. The van der Waals surface area contributed by atoms with Gasteiger partial charge in [-0.2, -0.15) is 0 Å². The van der Waals surface area contributed by atoms with Crippen molar-refractivity contribution in [2.45, 2.75) is 26.7 Å². The molecule has 0 aliphatic rings. The maximum atomic E-state index is 10.3. The highest BCUT2D eigenvalue weighted by Gasteiger charge is 1.94. The zero-order valence-electron chi connectivity index (χ0n) is 9.16. The van der Waals surface area contributed by atoms with Crippen molar-refractivity contribution in [2.75, 3.05) is 0 Å². The predicted octanol–water partition coefficient (Wildman–Crippen LogP) is 3.18. The number of hydrogen-bond donors (Lipinski definition) is 1. The average Bonchev–Trinajstić information content (AvgIpc) is 2.10. The number of carbonyl (C=O) groups is 1. The van der Waals surface area contributed by atoms with Crippen LogP contribution >= 0.6 is 0 Å². The van der Waals surface area contributed by atoms with Gasteiger partial charge in [0.05, 0.1) is 0 Å². The first kappa shape index (κ1) is 11.5. The Hall–Kier alpha value is -1.57. The predicted molar refractivity (Wildman–Crippen MR) is 61.8 cm³/mol. The molecule has 2 nitrogen and oxygen atoms in total. The van der Waals surface area contributed by atoms with E-state index in [0.717, 1.165) is 5.56 Å². The second-order valence-electron chi connectivity index (χ2n) is 3.76. The molecule has 80 valence electrons. The molecule has 0 unspecified atom stereocenters. The monoisotopic (exact) mass is 204 g/mol. The third kappa shape index (κ3) is 4.45. The Kier molecular flexibility index (Phi) is 4.10. The van der Waals surface area contributed by atoms with Crippen LogP contribution < -0.4 is 0 Å². The molecule has 0 bridgehead atoms. The molecule has 1 aromatic carbocycles. The summed E-state index contributed by atoms with van der Waals surface area (Å²) in [6.45, 7) is 4.11. The van der Waals surface area contributed by atoms with Crippen molar-refractivity contribution < 1.29 is 9.90 Å². The summed E-state index contributed by atoms with van der Waals surface area (Å²) in [5, 5.41) is 8.47. The lowest BCUT2D eigenvalue weighted by atomic mass is 10.1. The fraction of sp³-hybridized carbons (Fsp3) is 0.308. The van der Waals surface area contributed by atoms with Crippen LogP contribution in [0.15, 0.2) is 24.3 Å². The summed E-state index contributed by atoms with van der Waals surface area (Å²) in [7, 11) is 0. The summed E-state index contributed by atoms with van der Waals surface area (Å²) in [4.78, 5) is 10.3. The fourth-order valence-electron chi connectivity index (χ4n) is 1.53. The quantitative estimate of drug-likeness (QED) is 0.817. The maximum Gasteiger partial charge on any atom is 0.303 e. The van der Waals surface area contributed by atoms with Crippen molar-refractivity contribution in [2.24, 2.45) is 0 Å². The van der Waals surface area contributed by atoms with E-state index in [1.165, 1.54) is 11.1 Å². The van der Waals surface area contributed by atoms with Gasteiger partial charge in [-0.1, -0.05) is 41.5 Å². The van der Waals surface area contributed by atoms with Crippen LogP contribution in [0.4, 0.5) is 0 Å². The first-order chi connectivity index (χ1) is 7.08. The molecule has 0 radical (unpaired) electrons. The zero-order chi connectivity index (χ0) is 11.3. The number of aryl methyl sites for hydroxylation is 2. The summed E-state index contributed by atoms with van der Waals surface area (Å²) in [6, 6.07) is 6.29. The van der Waals surface area contributed by atoms with Gasteiger partial charge in [-0.25, -0.2) is 0 Å². The van der Waals surface area contributed by atoms with Gasteiger partial charge in [0.2, 0.25) is 0 Å². The SMILES string of the molecule is Cc1cc(C)cc(/C=C/CCC(=O)O)c1. The normalized spacial score (nSPS) is 10.8. The highest BCUT2D eigenvalue weighted by Crippen LogP contribution is 2.10. The van der Waals surface area contributed by atoms with Gasteiger partial charge in [0.1, 0.15) is 0 Å². The van der Waals surface area contributed by atoms with Gasteiger partial charge in [-0.3, -0.25) is 4.79 Å². The molecule has 0 spiro atoms. The minimum absolute atomic E-state index is 0.196. The van der Waals surface area contributed by atoms with Crippen molar-refractivity contribution in [1.82, 2.24) is 0 Å². The highest BCUT2D eigenvalue weighted by atomic mass is 16.4. The van der Waals surface area contributed by atoms with Crippen LogP contribution in [0.5, 0.6) is 0 Å². The van der Waals surface area contributed by atoms with Crippen LogP contribution in [-0.2, 0) is 4.79 Å². The number of hydrogen-bond acceptors (Lipinski definition) is 1. The van der Waals surface area contributed by atoms with E-state index in [0.29, 0.717) is 6.42 Å².